The fourth-order valence-corrected chi connectivity index (χ4v) is 1.58. The van der Waals surface area contributed by atoms with Crippen LogP contribution in [0.2, 0.25) is 0 Å². The van der Waals surface area contributed by atoms with Gasteiger partial charge in [-0.05, 0) is 30.2 Å². The third-order valence-electron chi connectivity index (χ3n) is 2.40. The van der Waals surface area contributed by atoms with Gasteiger partial charge in [0.2, 0.25) is 5.91 Å². The molecule has 1 rings (SSSR count). The minimum Gasteiger partial charge on any atom is -0.508 e. The molecule has 0 aliphatic heterocycles. The van der Waals surface area contributed by atoms with E-state index in [4.69, 9.17) is 5.53 Å². The van der Waals surface area contributed by atoms with E-state index >= 15 is 0 Å². The van der Waals surface area contributed by atoms with Crippen molar-refractivity contribution in [3.8, 4) is 5.75 Å². The van der Waals surface area contributed by atoms with Crippen LogP contribution in [0.1, 0.15) is 24.9 Å². The molecule has 0 saturated heterocycles. The number of benzene rings is 1. The molecule has 0 aliphatic rings. The first-order valence-electron chi connectivity index (χ1n) is 5.61. The van der Waals surface area contributed by atoms with Crippen LogP contribution in [-0.4, -0.2) is 23.3 Å². The number of nitrogens with one attached hydrogen (secondary N) is 1. The number of carbonyl (C=O) groups is 2. The Bertz CT molecular complexity index is 506. The van der Waals surface area contributed by atoms with Crippen LogP contribution in [0.15, 0.2) is 29.4 Å². The average molecular weight is 262 g/mol. The summed E-state index contributed by atoms with van der Waals surface area (Å²) in [6, 6.07) is 5.69. The smallest absolute Gasteiger partial charge is 0.226 e. The molecule has 0 aliphatic carbocycles. The maximum Gasteiger partial charge on any atom is 0.226 e. The van der Waals surface area contributed by atoms with Gasteiger partial charge in [0.1, 0.15) is 18.1 Å². The Morgan fingerprint density at radius 2 is 2.05 bits per heavy atom. The topological polar surface area (TPSA) is 115 Å². The number of phenols is 1. The summed E-state index contributed by atoms with van der Waals surface area (Å²) in [5.41, 5.74) is 8.84. The van der Waals surface area contributed by atoms with Gasteiger partial charge in [-0.3, -0.25) is 9.59 Å². The standard InChI is InChI=1S/C12H14N4O3/c1-8(17)6-11(15-12(19)7-14-16-13)9-2-4-10(18)5-3-9/h2-5,11,18H,6-7H2,1H3,(H,15,19)/t11-/m0/s1. The first-order valence-corrected chi connectivity index (χ1v) is 5.61. The number of phenolic OH excluding ortho intramolecular Hbond substituents is 1. The van der Waals surface area contributed by atoms with Gasteiger partial charge in [-0.25, -0.2) is 0 Å². The predicted molar refractivity (Wildman–Crippen MR) is 68.3 cm³/mol. The summed E-state index contributed by atoms with van der Waals surface area (Å²) in [4.78, 5) is 25.2. The maximum absolute atomic E-state index is 11.5. The molecule has 1 aromatic rings. The highest BCUT2D eigenvalue weighted by Gasteiger charge is 2.16. The summed E-state index contributed by atoms with van der Waals surface area (Å²) < 4.78 is 0. The molecule has 0 aromatic heterocycles. The number of ketones is 1. The van der Waals surface area contributed by atoms with Crippen LogP contribution in [0.5, 0.6) is 5.75 Å². The van der Waals surface area contributed by atoms with Crippen molar-refractivity contribution in [3.63, 3.8) is 0 Å². The first kappa shape index (κ1) is 14.5. The second-order valence-electron chi connectivity index (χ2n) is 4.01. The van der Waals surface area contributed by atoms with Gasteiger partial charge in [0, 0.05) is 11.3 Å². The summed E-state index contributed by atoms with van der Waals surface area (Å²) in [7, 11) is 0. The van der Waals surface area contributed by atoms with Crippen LogP contribution >= 0.6 is 0 Å². The molecule has 0 fully saturated rings. The number of azide groups is 1. The van der Waals surface area contributed by atoms with Crippen LogP contribution in [0.4, 0.5) is 0 Å². The molecule has 19 heavy (non-hydrogen) atoms. The molecule has 7 nitrogen and oxygen atoms in total. The minimum absolute atomic E-state index is 0.0813. The Labute approximate surface area is 109 Å². The van der Waals surface area contributed by atoms with Crippen molar-refractivity contribution in [3.05, 3.63) is 40.3 Å². The summed E-state index contributed by atoms with van der Waals surface area (Å²) >= 11 is 0. The lowest BCUT2D eigenvalue weighted by Gasteiger charge is -2.17. The molecule has 0 bridgehead atoms. The monoisotopic (exact) mass is 262 g/mol. The number of nitrogens with zero attached hydrogens (tertiary/aromatic N) is 3. The number of carbonyl (C=O) groups excluding carboxylic acids is 2. The molecule has 0 spiro atoms. The zero-order valence-electron chi connectivity index (χ0n) is 10.4. The first-order chi connectivity index (χ1) is 9.02. The van der Waals surface area contributed by atoms with E-state index in [1.165, 1.54) is 19.1 Å². The molecular weight excluding hydrogens is 248 g/mol. The Hall–Kier alpha value is -2.53. The van der Waals surface area contributed by atoms with Crippen molar-refractivity contribution >= 4 is 11.7 Å². The van der Waals surface area contributed by atoms with Gasteiger partial charge in [0.05, 0.1) is 6.04 Å². The van der Waals surface area contributed by atoms with Crippen LogP contribution in [-0.2, 0) is 9.59 Å². The summed E-state index contributed by atoms with van der Waals surface area (Å²) in [6.07, 6.45) is 0.132. The average Bonchev–Trinajstić information content (AvgIpc) is 2.36. The van der Waals surface area contributed by atoms with Crippen molar-refractivity contribution < 1.29 is 14.7 Å². The molecular formula is C12H14N4O3. The van der Waals surface area contributed by atoms with Crippen molar-refractivity contribution in [2.24, 2.45) is 5.11 Å². The molecule has 0 unspecified atom stereocenters. The number of aromatic hydroxyl groups is 1. The zero-order valence-corrected chi connectivity index (χ0v) is 10.4. The normalized spacial score (nSPS) is 11.2. The highest BCUT2D eigenvalue weighted by Crippen LogP contribution is 2.20. The zero-order chi connectivity index (χ0) is 14.3. The van der Waals surface area contributed by atoms with E-state index in [0.29, 0.717) is 5.56 Å². The van der Waals surface area contributed by atoms with E-state index in [9.17, 15) is 14.7 Å². The fraction of sp³-hybridized carbons (Fsp3) is 0.333. The van der Waals surface area contributed by atoms with Gasteiger partial charge >= 0.3 is 0 Å². The molecule has 1 aromatic carbocycles. The van der Waals surface area contributed by atoms with Gasteiger partial charge in [-0.1, -0.05) is 17.2 Å². The van der Waals surface area contributed by atoms with E-state index in [1.807, 2.05) is 0 Å². The van der Waals surface area contributed by atoms with Gasteiger partial charge in [0.25, 0.3) is 0 Å². The Balaban J connectivity index is 2.82. The fourth-order valence-electron chi connectivity index (χ4n) is 1.58. The van der Waals surface area contributed by atoms with Gasteiger partial charge in [0.15, 0.2) is 0 Å². The highest BCUT2D eigenvalue weighted by atomic mass is 16.3. The Kier molecular flexibility index (Phi) is 5.37. The number of Topliss-reactive ketones (excluding diaryl/α,β-unsaturated/α-hetero) is 1. The third-order valence-corrected chi connectivity index (χ3v) is 2.40. The van der Waals surface area contributed by atoms with E-state index in [1.54, 1.807) is 12.1 Å². The lowest BCUT2D eigenvalue weighted by Crippen LogP contribution is -2.31. The van der Waals surface area contributed by atoms with Gasteiger partial charge < -0.3 is 10.4 Å². The second kappa shape index (κ2) is 7.03. The molecule has 0 radical (unpaired) electrons. The summed E-state index contributed by atoms with van der Waals surface area (Å²) in [5.74, 6) is -0.440. The van der Waals surface area contributed by atoms with Crippen LogP contribution in [0.3, 0.4) is 0 Å². The Morgan fingerprint density at radius 3 is 2.58 bits per heavy atom. The SMILES string of the molecule is CC(=O)C[C@H](NC(=O)CN=[N+]=[N-])c1ccc(O)cc1. The van der Waals surface area contributed by atoms with E-state index in [2.05, 4.69) is 15.3 Å². The predicted octanol–water partition coefficient (Wildman–Crippen LogP) is 1.84. The number of rotatable bonds is 6. The molecule has 100 valence electrons. The van der Waals surface area contributed by atoms with E-state index in [-0.39, 0.29) is 24.5 Å². The third kappa shape index (κ3) is 5.10. The molecule has 7 heteroatoms. The lowest BCUT2D eigenvalue weighted by atomic mass is 10.0. The van der Waals surface area contributed by atoms with Gasteiger partial charge in [-0.15, -0.1) is 0 Å². The second-order valence-corrected chi connectivity index (χ2v) is 4.01. The largest absolute Gasteiger partial charge is 0.508 e. The number of amides is 1. The van der Waals surface area contributed by atoms with E-state index < -0.39 is 11.9 Å². The van der Waals surface area contributed by atoms with Crippen molar-refractivity contribution in [2.45, 2.75) is 19.4 Å². The van der Waals surface area contributed by atoms with Crippen molar-refractivity contribution in [1.29, 1.82) is 0 Å². The lowest BCUT2D eigenvalue weighted by molar-refractivity contribution is -0.121. The molecule has 1 atom stereocenters. The molecule has 0 saturated carbocycles. The van der Waals surface area contributed by atoms with Crippen LogP contribution in [0, 0.1) is 0 Å². The van der Waals surface area contributed by atoms with E-state index in [0.717, 1.165) is 0 Å². The van der Waals surface area contributed by atoms with Crippen molar-refractivity contribution in [2.75, 3.05) is 6.54 Å². The summed E-state index contributed by atoms with van der Waals surface area (Å²) in [6.45, 7) is 1.11. The Morgan fingerprint density at radius 1 is 1.42 bits per heavy atom. The molecule has 1 amide bonds. The van der Waals surface area contributed by atoms with Crippen LogP contribution < -0.4 is 5.32 Å². The minimum atomic E-state index is -0.500. The quantitative estimate of drug-likeness (QED) is 0.463. The maximum atomic E-state index is 11.5. The highest BCUT2D eigenvalue weighted by molar-refractivity contribution is 5.81. The summed E-state index contributed by atoms with van der Waals surface area (Å²) in [5, 5.41) is 15.0. The molecule has 2 N–H and O–H groups in total. The number of hydrogen-bond acceptors (Lipinski definition) is 4. The molecule has 0 heterocycles. The van der Waals surface area contributed by atoms with Crippen LogP contribution in [0.25, 0.3) is 10.4 Å². The van der Waals surface area contributed by atoms with Gasteiger partial charge in [-0.2, -0.15) is 0 Å². The van der Waals surface area contributed by atoms with Crippen molar-refractivity contribution in [1.82, 2.24) is 5.32 Å². The number of hydrogen-bond donors (Lipinski definition) is 2.